The Bertz CT molecular complexity index is 422. The number of hydrogen-bond donors (Lipinski definition) is 1. The van der Waals surface area contributed by atoms with Crippen molar-refractivity contribution >= 4 is 21.8 Å². The summed E-state index contributed by atoms with van der Waals surface area (Å²) in [5, 5.41) is 3.38. The summed E-state index contributed by atoms with van der Waals surface area (Å²) < 4.78 is 0.864. The summed E-state index contributed by atoms with van der Waals surface area (Å²) in [7, 11) is 0. The van der Waals surface area contributed by atoms with Gasteiger partial charge in [0.2, 0.25) is 0 Å². The molecule has 1 fully saturated rings. The number of halogens is 1. The Kier molecular flexibility index (Phi) is 3.84. The summed E-state index contributed by atoms with van der Waals surface area (Å²) in [5.74, 6) is 0.110. The van der Waals surface area contributed by atoms with Crippen LogP contribution >= 0.6 is 15.9 Å². The zero-order valence-corrected chi connectivity index (χ0v) is 11.7. The van der Waals surface area contributed by atoms with E-state index >= 15 is 0 Å². The SMILES string of the molecule is CC1NCCN(C(=O)c2ccccc2Br)C1C. The third-order valence-electron chi connectivity index (χ3n) is 3.40. The second-order valence-electron chi connectivity index (χ2n) is 4.46. The Balaban J connectivity index is 2.23. The highest BCUT2D eigenvalue weighted by atomic mass is 79.9. The number of carbonyl (C=O) groups is 1. The van der Waals surface area contributed by atoms with Crippen molar-refractivity contribution < 1.29 is 4.79 Å². The first-order valence-electron chi connectivity index (χ1n) is 5.90. The van der Waals surface area contributed by atoms with Crippen LogP contribution in [0.3, 0.4) is 0 Å². The monoisotopic (exact) mass is 296 g/mol. The van der Waals surface area contributed by atoms with E-state index in [0.29, 0.717) is 6.04 Å². The number of rotatable bonds is 1. The van der Waals surface area contributed by atoms with E-state index < -0.39 is 0 Å². The molecule has 1 aromatic rings. The summed E-state index contributed by atoms with van der Waals surface area (Å²) >= 11 is 3.44. The number of nitrogens with zero attached hydrogens (tertiary/aromatic N) is 1. The summed E-state index contributed by atoms with van der Waals surface area (Å²) in [6, 6.07) is 8.16. The fraction of sp³-hybridized carbons (Fsp3) is 0.462. The molecule has 0 spiro atoms. The molecule has 2 unspecified atom stereocenters. The first kappa shape index (κ1) is 12.6. The molecule has 1 saturated heterocycles. The molecule has 92 valence electrons. The topological polar surface area (TPSA) is 32.3 Å². The number of hydrogen-bond acceptors (Lipinski definition) is 2. The summed E-state index contributed by atoms with van der Waals surface area (Å²) in [6.07, 6.45) is 0. The molecular formula is C13H17BrN2O. The maximum Gasteiger partial charge on any atom is 0.255 e. The number of carbonyl (C=O) groups excluding carboxylic acids is 1. The lowest BCUT2D eigenvalue weighted by Crippen LogP contribution is -2.57. The molecule has 0 aromatic heterocycles. The highest BCUT2D eigenvalue weighted by Gasteiger charge is 2.29. The van der Waals surface area contributed by atoms with Gasteiger partial charge >= 0.3 is 0 Å². The molecule has 17 heavy (non-hydrogen) atoms. The molecule has 4 heteroatoms. The van der Waals surface area contributed by atoms with E-state index in [9.17, 15) is 4.79 Å². The largest absolute Gasteiger partial charge is 0.333 e. The normalized spacial score (nSPS) is 24.8. The van der Waals surface area contributed by atoms with Crippen LogP contribution in [0.1, 0.15) is 24.2 Å². The quantitative estimate of drug-likeness (QED) is 0.862. The minimum Gasteiger partial charge on any atom is -0.333 e. The molecule has 3 nitrogen and oxygen atoms in total. The van der Waals surface area contributed by atoms with Gasteiger partial charge in [-0.1, -0.05) is 12.1 Å². The van der Waals surface area contributed by atoms with E-state index in [4.69, 9.17) is 0 Å². The fourth-order valence-corrected chi connectivity index (χ4v) is 2.59. The third kappa shape index (κ3) is 2.53. The molecule has 0 bridgehead atoms. The van der Waals surface area contributed by atoms with Gasteiger partial charge in [0, 0.05) is 29.6 Å². The van der Waals surface area contributed by atoms with Crippen molar-refractivity contribution in [2.75, 3.05) is 13.1 Å². The van der Waals surface area contributed by atoms with E-state index in [1.165, 1.54) is 0 Å². The van der Waals surface area contributed by atoms with Gasteiger partial charge in [0.15, 0.2) is 0 Å². The van der Waals surface area contributed by atoms with Crippen molar-refractivity contribution in [3.05, 3.63) is 34.3 Å². The second kappa shape index (κ2) is 5.19. The van der Waals surface area contributed by atoms with Gasteiger partial charge in [0.05, 0.1) is 5.56 Å². The Morgan fingerprint density at radius 2 is 2.12 bits per heavy atom. The Hall–Kier alpha value is -0.870. The van der Waals surface area contributed by atoms with Crippen LogP contribution in [0, 0.1) is 0 Å². The van der Waals surface area contributed by atoms with Crippen LogP contribution in [0.4, 0.5) is 0 Å². The average molecular weight is 297 g/mol. The molecular weight excluding hydrogens is 280 g/mol. The number of benzene rings is 1. The molecule has 1 aromatic carbocycles. The zero-order valence-electron chi connectivity index (χ0n) is 10.1. The van der Waals surface area contributed by atoms with Crippen molar-refractivity contribution in [3.8, 4) is 0 Å². The van der Waals surface area contributed by atoms with E-state index in [1.54, 1.807) is 0 Å². The van der Waals surface area contributed by atoms with Crippen LogP contribution in [-0.2, 0) is 0 Å². The predicted molar refractivity (Wildman–Crippen MR) is 72.1 cm³/mol. The second-order valence-corrected chi connectivity index (χ2v) is 5.32. The lowest BCUT2D eigenvalue weighted by Gasteiger charge is -2.38. The summed E-state index contributed by atoms with van der Waals surface area (Å²) in [6.45, 7) is 5.84. The molecule has 1 amide bonds. The van der Waals surface area contributed by atoms with Crippen molar-refractivity contribution in [1.82, 2.24) is 10.2 Å². The summed E-state index contributed by atoms with van der Waals surface area (Å²) in [4.78, 5) is 14.4. The van der Waals surface area contributed by atoms with Crippen molar-refractivity contribution in [3.63, 3.8) is 0 Å². The zero-order chi connectivity index (χ0) is 12.4. The first-order valence-corrected chi connectivity index (χ1v) is 6.69. The molecule has 2 rings (SSSR count). The average Bonchev–Trinajstić information content (AvgIpc) is 2.32. The van der Waals surface area contributed by atoms with Gasteiger partial charge in [0.1, 0.15) is 0 Å². The van der Waals surface area contributed by atoms with Crippen molar-refractivity contribution in [1.29, 1.82) is 0 Å². The summed E-state index contributed by atoms with van der Waals surface area (Å²) in [5.41, 5.74) is 0.744. The van der Waals surface area contributed by atoms with Gasteiger partial charge in [-0.25, -0.2) is 0 Å². The lowest BCUT2D eigenvalue weighted by molar-refractivity contribution is 0.0602. The Morgan fingerprint density at radius 3 is 2.82 bits per heavy atom. The smallest absolute Gasteiger partial charge is 0.255 e. The molecule has 1 aliphatic heterocycles. The number of amides is 1. The van der Waals surface area contributed by atoms with E-state index in [1.807, 2.05) is 29.2 Å². The standard InChI is InChI=1S/C13H17BrN2O/c1-9-10(2)16(8-7-15-9)13(17)11-5-3-4-6-12(11)14/h3-6,9-10,15H,7-8H2,1-2H3. The van der Waals surface area contributed by atoms with Crippen LogP contribution in [-0.4, -0.2) is 36.0 Å². The van der Waals surface area contributed by atoms with Gasteiger partial charge in [-0.05, 0) is 41.9 Å². The molecule has 1 aliphatic rings. The molecule has 2 atom stereocenters. The van der Waals surface area contributed by atoms with Gasteiger partial charge in [0.25, 0.3) is 5.91 Å². The number of piperazine rings is 1. The lowest BCUT2D eigenvalue weighted by atomic mass is 10.1. The van der Waals surface area contributed by atoms with Crippen LogP contribution in [0.5, 0.6) is 0 Å². The van der Waals surface area contributed by atoms with E-state index in [-0.39, 0.29) is 11.9 Å². The molecule has 0 radical (unpaired) electrons. The Labute approximate surface area is 110 Å². The Morgan fingerprint density at radius 1 is 1.41 bits per heavy atom. The highest BCUT2D eigenvalue weighted by molar-refractivity contribution is 9.10. The molecule has 1 N–H and O–H groups in total. The van der Waals surface area contributed by atoms with E-state index in [0.717, 1.165) is 23.1 Å². The first-order chi connectivity index (χ1) is 8.11. The van der Waals surface area contributed by atoms with Gasteiger partial charge in [-0.15, -0.1) is 0 Å². The van der Waals surface area contributed by atoms with Crippen molar-refractivity contribution in [2.24, 2.45) is 0 Å². The predicted octanol–water partition coefficient (Wildman–Crippen LogP) is 2.27. The van der Waals surface area contributed by atoms with Crippen LogP contribution in [0.15, 0.2) is 28.7 Å². The highest BCUT2D eigenvalue weighted by Crippen LogP contribution is 2.20. The molecule has 0 aliphatic carbocycles. The van der Waals surface area contributed by atoms with Gasteiger partial charge in [-0.3, -0.25) is 4.79 Å². The van der Waals surface area contributed by atoms with Crippen LogP contribution in [0.2, 0.25) is 0 Å². The van der Waals surface area contributed by atoms with Crippen molar-refractivity contribution in [2.45, 2.75) is 25.9 Å². The van der Waals surface area contributed by atoms with Gasteiger partial charge < -0.3 is 10.2 Å². The van der Waals surface area contributed by atoms with E-state index in [2.05, 4.69) is 35.1 Å². The van der Waals surface area contributed by atoms with Crippen LogP contribution < -0.4 is 5.32 Å². The minimum absolute atomic E-state index is 0.110. The van der Waals surface area contributed by atoms with Gasteiger partial charge in [-0.2, -0.15) is 0 Å². The molecule has 1 heterocycles. The van der Waals surface area contributed by atoms with Crippen LogP contribution in [0.25, 0.3) is 0 Å². The number of nitrogens with one attached hydrogen (secondary N) is 1. The maximum absolute atomic E-state index is 12.4. The fourth-order valence-electron chi connectivity index (χ4n) is 2.13. The third-order valence-corrected chi connectivity index (χ3v) is 4.09. The molecule has 0 saturated carbocycles. The maximum atomic E-state index is 12.4. The minimum atomic E-state index is 0.110.